The highest BCUT2D eigenvalue weighted by molar-refractivity contribution is 8.03. The summed E-state index contributed by atoms with van der Waals surface area (Å²) in [6.07, 6.45) is 8.21. The van der Waals surface area contributed by atoms with Crippen molar-refractivity contribution in [2.45, 2.75) is 62.5 Å². The second-order valence-corrected chi connectivity index (χ2v) is 8.97. The van der Waals surface area contributed by atoms with Gasteiger partial charge in [-0.2, -0.15) is 0 Å². The Morgan fingerprint density at radius 2 is 2.00 bits per heavy atom. The molecule has 1 saturated heterocycles. The first-order valence-corrected chi connectivity index (χ1v) is 10.4. The number of nitrogens with zero attached hydrogens (tertiary/aromatic N) is 2. The van der Waals surface area contributed by atoms with Crippen molar-refractivity contribution >= 4 is 23.6 Å². The quantitative estimate of drug-likeness (QED) is 0.595. The van der Waals surface area contributed by atoms with Crippen LogP contribution in [-0.2, 0) is 9.59 Å². The van der Waals surface area contributed by atoms with E-state index in [1.807, 2.05) is 18.2 Å². The van der Waals surface area contributed by atoms with E-state index in [0.29, 0.717) is 12.5 Å². The van der Waals surface area contributed by atoms with Crippen LogP contribution in [0.1, 0.15) is 45.1 Å². The molecule has 2 fully saturated rings. The van der Waals surface area contributed by atoms with E-state index < -0.39 is 18.0 Å². The van der Waals surface area contributed by atoms with E-state index in [1.54, 1.807) is 18.7 Å². The zero-order valence-electron chi connectivity index (χ0n) is 15.3. The number of aliphatic hydroxyl groups is 1. The van der Waals surface area contributed by atoms with Crippen LogP contribution in [0.2, 0.25) is 0 Å². The summed E-state index contributed by atoms with van der Waals surface area (Å²) in [6, 6.07) is 6.06. The fraction of sp³-hybridized carbons (Fsp3) is 0.550. The fourth-order valence-electron chi connectivity index (χ4n) is 4.70. The molecule has 2 aliphatic heterocycles. The van der Waals surface area contributed by atoms with Crippen LogP contribution in [0.4, 0.5) is 0 Å². The molecule has 0 radical (unpaired) electrons. The number of amides is 1. The Bertz CT molecular complexity index is 779. The summed E-state index contributed by atoms with van der Waals surface area (Å²) in [7, 11) is 0. The Kier molecular flexibility index (Phi) is 4.99. The highest BCUT2D eigenvalue weighted by Gasteiger charge is 2.55. The standard InChI is InChI=1S/C20H24N2O4S/c1-12(23)17-14-11-16(18(20(25)26)22(14)19(17)24)27-15-8-4-3-7-13(15)21-9-5-2-6-10-21/h2,5-6,9-10,12-15,17,23H,3-4,7-8,11H2,1H3/t12-,13-,14-,15-,17-/m1/s1. The van der Waals surface area contributed by atoms with Gasteiger partial charge in [0, 0.05) is 29.9 Å². The highest BCUT2D eigenvalue weighted by Crippen LogP contribution is 2.49. The maximum Gasteiger partial charge on any atom is 0.235 e. The molecule has 144 valence electrons. The van der Waals surface area contributed by atoms with E-state index >= 15 is 0 Å². The molecule has 1 aliphatic carbocycles. The van der Waals surface area contributed by atoms with Crippen LogP contribution < -0.4 is 9.67 Å². The van der Waals surface area contributed by atoms with Crippen LogP contribution in [-0.4, -0.2) is 39.3 Å². The Hall–Kier alpha value is -1.86. The summed E-state index contributed by atoms with van der Waals surface area (Å²) in [5.41, 5.74) is 0.0225. The molecule has 0 bridgehead atoms. The lowest BCUT2D eigenvalue weighted by Gasteiger charge is -2.45. The maximum absolute atomic E-state index is 12.4. The van der Waals surface area contributed by atoms with E-state index in [2.05, 4.69) is 17.0 Å². The molecule has 3 aliphatic rings. The lowest BCUT2D eigenvalue weighted by atomic mass is 9.83. The van der Waals surface area contributed by atoms with Crippen molar-refractivity contribution in [3.8, 4) is 0 Å². The maximum atomic E-state index is 12.4. The average Bonchev–Trinajstić information content (AvgIpc) is 2.97. The molecular formula is C20H24N2O4S. The van der Waals surface area contributed by atoms with Gasteiger partial charge in [-0.05, 0) is 19.8 Å². The Balaban J connectivity index is 1.59. The third-order valence-corrected chi connectivity index (χ3v) is 7.46. The van der Waals surface area contributed by atoms with E-state index in [9.17, 15) is 19.8 Å². The number of pyridine rings is 1. The zero-order chi connectivity index (χ0) is 19.1. The van der Waals surface area contributed by atoms with E-state index in [1.165, 1.54) is 4.90 Å². The van der Waals surface area contributed by atoms with Gasteiger partial charge in [0.15, 0.2) is 18.4 Å². The van der Waals surface area contributed by atoms with E-state index in [0.717, 1.165) is 30.6 Å². The number of aliphatic hydroxyl groups excluding tert-OH is 1. The van der Waals surface area contributed by atoms with Gasteiger partial charge in [-0.3, -0.25) is 4.79 Å². The molecule has 1 aromatic rings. The molecule has 5 atom stereocenters. The van der Waals surface area contributed by atoms with Crippen molar-refractivity contribution in [2.24, 2.45) is 5.92 Å². The number of carbonyl (C=O) groups excluding carboxylic acids is 2. The van der Waals surface area contributed by atoms with Crippen molar-refractivity contribution in [3.05, 3.63) is 41.2 Å². The van der Waals surface area contributed by atoms with Crippen molar-refractivity contribution in [2.75, 3.05) is 0 Å². The van der Waals surface area contributed by atoms with Crippen LogP contribution in [0.3, 0.4) is 0 Å². The molecule has 0 spiro atoms. The first-order chi connectivity index (χ1) is 13.0. The first kappa shape index (κ1) is 18.5. The van der Waals surface area contributed by atoms with Gasteiger partial charge in [0.05, 0.1) is 35.0 Å². The number of rotatable bonds is 5. The highest BCUT2D eigenvalue weighted by atomic mass is 32.2. The van der Waals surface area contributed by atoms with Gasteiger partial charge >= 0.3 is 0 Å². The number of hydrogen-bond donors (Lipinski definition) is 1. The van der Waals surface area contributed by atoms with Crippen LogP contribution in [0, 0.1) is 5.92 Å². The van der Waals surface area contributed by atoms with Gasteiger partial charge in [-0.1, -0.05) is 12.5 Å². The second kappa shape index (κ2) is 7.28. The predicted octanol–water partition coefficient (Wildman–Crippen LogP) is 0.764. The van der Waals surface area contributed by atoms with Gasteiger partial charge in [-0.15, -0.1) is 11.8 Å². The molecule has 27 heavy (non-hydrogen) atoms. The van der Waals surface area contributed by atoms with Gasteiger partial charge in [0.2, 0.25) is 5.91 Å². The lowest BCUT2D eigenvalue weighted by molar-refractivity contribution is -0.724. The molecule has 0 aromatic carbocycles. The van der Waals surface area contributed by atoms with Crippen LogP contribution in [0.15, 0.2) is 41.2 Å². The number of carbonyl (C=O) groups is 2. The molecule has 1 saturated carbocycles. The van der Waals surface area contributed by atoms with Crippen molar-refractivity contribution < 1.29 is 24.4 Å². The molecule has 0 unspecified atom stereocenters. The number of aromatic nitrogens is 1. The molecule has 6 nitrogen and oxygen atoms in total. The molecular weight excluding hydrogens is 364 g/mol. The number of thioether (sulfide) groups is 1. The number of fused-ring (bicyclic) bond motifs is 1. The normalized spacial score (nSPS) is 31.5. The summed E-state index contributed by atoms with van der Waals surface area (Å²) >= 11 is 1.59. The zero-order valence-corrected chi connectivity index (χ0v) is 16.1. The summed E-state index contributed by atoms with van der Waals surface area (Å²) in [5.74, 6) is -2.11. The van der Waals surface area contributed by atoms with Gasteiger partial charge in [0.25, 0.3) is 0 Å². The topological polar surface area (TPSA) is 84.5 Å². The minimum Gasteiger partial charge on any atom is -0.543 e. The third-order valence-electron chi connectivity index (χ3n) is 5.96. The summed E-state index contributed by atoms with van der Waals surface area (Å²) in [4.78, 5) is 26.2. The average molecular weight is 388 g/mol. The predicted molar refractivity (Wildman–Crippen MR) is 98.0 cm³/mol. The monoisotopic (exact) mass is 388 g/mol. The number of hydrogen-bond acceptors (Lipinski definition) is 5. The Morgan fingerprint density at radius 1 is 1.30 bits per heavy atom. The summed E-state index contributed by atoms with van der Waals surface area (Å²) in [5, 5.41) is 21.9. The van der Waals surface area contributed by atoms with Crippen molar-refractivity contribution in [1.82, 2.24) is 4.90 Å². The summed E-state index contributed by atoms with van der Waals surface area (Å²) in [6.45, 7) is 1.59. The van der Waals surface area contributed by atoms with Crippen LogP contribution in [0.5, 0.6) is 0 Å². The van der Waals surface area contributed by atoms with Crippen molar-refractivity contribution in [1.29, 1.82) is 0 Å². The van der Waals surface area contributed by atoms with E-state index in [4.69, 9.17) is 0 Å². The molecule has 1 N–H and O–H groups in total. The lowest BCUT2D eigenvalue weighted by Crippen LogP contribution is -2.62. The third kappa shape index (κ3) is 3.17. The first-order valence-electron chi connectivity index (χ1n) is 9.57. The van der Waals surface area contributed by atoms with E-state index in [-0.39, 0.29) is 22.9 Å². The second-order valence-electron chi connectivity index (χ2n) is 7.64. The minimum atomic E-state index is -1.29. The fourth-order valence-corrected chi connectivity index (χ4v) is 6.34. The number of aliphatic carboxylic acids is 1. The molecule has 7 heteroatoms. The Morgan fingerprint density at radius 3 is 2.67 bits per heavy atom. The van der Waals surface area contributed by atoms with Gasteiger partial charge in [0.1, 0.15) is 0 Å². The SMILES string of the molecule is C[C@@H](O)[C@H]1C(=O)N2C(C(=O)[O-])=C(S[C@@H]3CCCC[C@H]3[n+]3ccccc3)C[C@H]12. The van der Waals surface area contributed by atoms with Crippen LogP contribution >= 0.6 is 11.8 Å². The minimum absolute atomic E-state index is 0.0225. The molecule has 3 heterocycles. The van der Waals surface area contributed by atoms with Gasteiger partial charge < -0.3 is 19.9 Å². The molecule has 4 rings (SSSR count). The Labute approximate surface area is 162 Å². The largest absolute Gasteiger partial charge is 0.543 e. The van der Waals surface area contributed by atoms with Crippen LogP contribution in [0.25, 0.3) is 0 Å². The molecule has 1 aromatic heterocycles. The number of carboxylic acids is 1. The smallest absolute Gasteiger partial charge is 0.235 e. The molecule has 1 amide bonds. The number of β-lactam (4-membered cyclic amide) rings is 1. The van der Waals surface area contributed by atoms with Gasteiger partial charge in [-0.25, -0.2) is 4.57 Å². The number of carboxylic acid groups (broad SMARTS) is 1. The van der Waals surface area contributed by atoms with Crippen molar-refractivity contribution in [3.63, 3.8) is 0 Å². The summed E-state index contributed by atoms with van der Waals surface area (Å²) < 4.78 is 2.21.